The molecule has 0 spiro atoms. The normalized spacial score (nSPS) is 18.4. The average molecular weight is 360 g/mol. The lowest BCUT2D eigenvalue weighted by Gasteiger charge is -2.25. The minimum Gasteiger partial charge on any atom is -0.352 e. The van der Waals surface area contributed by atoms with Crippen LogP contribution < -0.4 is 16.0 Å². The molecule has 0 radical (unpaired) electrons. The molecule has 23 heavy (non-hydrogen) atoms. The zero-order valence-corrected chi connectivity index (χ0v) is 14.7. The van der Waals surface area contributed by atoms with E-state index in [1.807, 2.05) is 12.1 Å². The number of rotatable bonds is 5. The van der Waals surface area contributed by atoms with Crippen molar-refractivity contribution in [2.75, 3.05) is 13.1 Å². The molecule has 1 aliphatic heterocycles. The Hall–Kier alpha value is -1.30. The van der Waals surface area contributed by atoms with Gasteiger partial charge in [-0.15, -0.1) is 12.4 Å². The van der Waals surface area contributed by atoms with E-state index < -0.39 is 0 Å². The van der Waals surface area contributed by atoms with Gasteiger partial charge in [-0.05, 0) is 37.1 Å². The van der Waals surface area contributed by atoms with E-state index in [9.17, 15) is 9.59 Å². The molecule has 2 unspecified atom stereocenters. The van der Waals surface area contributed by atoms with E-state index in [2.05, 4.69) is 16.0 Å². The number of hydrogen-bond acceptors (Lipinski definition) is 3. The minimum absolute atomic E-state index is 0. The van der Waals surface area contributed by atoms with Gasteiger partial charge in [-0.25, -0.2) is 0 Å². The van der Waals surface area contributed by atoms with Gasteiger partial charge in [0.1, 0.15) is 0 Å². The van der Waals surface area contributed by atoms with Crippen LogP contribution in [0.15, 0.2) is 24.3 Å². The molecule has 2 atom stereocenters. The molecule has 5 nitrogen and oxygen atoms in total. The van der Waals surface area contributed by atoms with E-state index in [1.54, 1.807) is 12.1 Å². The Kier molecular flexibility index (Phi) is 8.37. The number of carbonyl (C=O) groups excluding carboxylic acids is 2. The molecule has 3 N–H and O–H groups in total. The van der Waals surface area contributed by atoms with Crippen molar-refractivity contribution in [2.45, 2.75) is 38.3 Å². The summed E-state index contributed by atoms with van der Waals surface area (Å²) in [6.45, 7) is 3.26. The van der Waals surface area contributed by atoms with Crippen molar-refractivity contribution >= 4 is 35.8 Å². The van der Waals surface area contributed by atoms with Crippen LogP contribution in [-0.4, -0.2) is 30.9 Å². The Morgan fingerprint density at radius 3 is 2.61 bits per heavy atom. The first kappa shape index (κ1) is 19.7. The van der Waals surface area contributed by atoms with E-state index in [1.165, 1.54) is 6.92 Å². The molecule has 0 saturated carbocycles. The summed E-state index contributed by atoms with van der Waals surface area (Å²) in [5.74, 6) is -0.213. The van der Waals surface area contributed by atoms with Crippen LogP contribution in [0.1, 0.15) is 37.8 Å². The summed E-state index contributed by atoms with van der Waals surface area (Å²) in [5.41, 5.74) is 0.872. The summed E-state index contributed by atoms with van der Waals surface area (Å²) in [5, 5.41) is 9.74. The Morgan fingerprint density at radius 2 is 2.04 bits per heavy atom. The van der Waals surface area contributed by atoms with Crippen molar-refractivity contribution in [3.05, 3.63) is 34.9 Å². The van der Waals surface area contributed by atoms with Crippen LogP contribution in [0.2, 0.25) is 5.02 Å². The first-order chi connectivity index (χ1) is 10.5. The van der Waals surface area contributed by atoms with E-state index in [4.69, 9.17) is 11.6 Å². The molecule has 0 bridgehead atoms. The number of halogens is 2. The topological polar surface area (TPSA) is 70.2 Å². The third-order valence-corrected chi connectivity index (χ3v) is 3.95. The molecule has 7 heteroatoms. The second-order valence-electron chi connectivity index (χ2n) is 5.62. The van der Waals surface area contributed by atoms with Crippen molar-refractivity contribution in [1.82, 2.24) is 16.0 Å². The van der Waals surface area contributed by atoms with Gasteiger partial charge < -0.3 is 16.0 Å². The maximum atomic E-state index is 12.2. The van der Waals surface area contributed by atoms with E-state index in [0.717, 1.165) is 31.5 Å². The molecule has 1 aliphatic rings. The van der Waals surface area contributed by atoms with Gasteiger partial charge in [-0.2, -0.15) is 0 Å². The summed E-state index contributed by atoms with van der Waals surface area (Å²) in [6, 6.07) is 7.01. The van der Waals surface area contributed by atoms with Crippen LogP contribution in [0.25, 0.3) is 0 Å². The molecule has 0 aliphatic carbocycles. The maximum Gasteiger partial charge on any atom is 0.222 e. The third-order valence-electron chi connectivity index (χ3n) is 3.70. The van der Waals surface area contributed by atoms with Crippen molar-refractivity contribution in [1.29, 1.82) is 0 Å². The quantitative estimate of drug-likeness (QED) is 0.754. The highest BCUT2D eigenvalue weighted by atomic mass is 35.5. The van der Waals surface area contributed by atoms with Crippen LogP contribution in [0.3, 0.4) is 0 Å². The van der Waals surface area contributed by atoms with Crippen molar-refractivity contribution in [3.8, 4) is 0 Å². The van der Waals surface area contributed by atoms with Gasteiger partial charge in [-0.3, -0.25) is 9.59 Å². The third kappa shape index (κ3) is 6.77. The number of piperidine rings is 1. The summed E-state index contributed by atoms with van der Waals surface area (Å²) in [6.07, 6.45) is 2.28. The lowest BCUT2D eigenvalue weighted by atomic mass is 10.0. The Morgan fingerprint density at radius 1 is 1.35 bits per heavy atom. The van der Waals surface area contributed by atoms with Crippen LogP contribution in [-0.2, 0) is 9.59 Å². The largest absolute Gasteiger partial charge is 0.352 e. The number of benzene rings is 1. The molecular weight excluding hydrogens is 337 g/mol. The van der Waals surface area contributed by atoms with Crippen molar-refractivity contribution in [2.24, 2.45) is 0 Å². The second-order valence-corrected chi connectivity index (χ2v) is 6.06. The van der Waals surface area contributed by atoms with Crippen molar-refractivity contribution in [3.63, 3.8) is 0 Å². The van der Waals surface area contributed by atoms with Gasteiger partial charge in [0, 0.05) is 24.5 Å². The molecule has 128 valence electrons. The van der Waals surface area contributed by atoms with Crippen molar-refractivity contribution < 1.29 is 9.59 Å². The van der Waals surface area contributed by atoms with E-state index >= 15 is 0 Å². The highest BCUT2D eigenvalue weighted by Gasteiger charge is 2.20. The molecule has 1 aromatic rings. The second kappa shape index (κ2) is 9.75. The summed E-state index contributed by atoms with van der Waals surface area (Å²) in [7, 11) is 0. The first-order valence-electron chi connectivity index (χ1n) is 7.57. The Labute approximate surface area is 148 Å². The minimum atomic E-state index is -0.341. The van der Waals surface area contributed by atoms with Crippen LogP contribution in [0.5, 0.6) is 0 Å². The lowest BCUT2D eigenvalue weighted by Crippen LogP contribution is -2.46. The predicted molar refractivity (Wildman–Crippen MR) is 93.9 cm³/mol. The highest BCUT2D eigenvalue weighted by molar-refractivity contribution is 6.30. The summed E-state index contributed by atoms with van der Waals surface area (Å²) < 4.78 is 0. The zero-order chi connectivity index (χ0) is 15.9. The van der Waals surface area contributed by atoms with Crippen LogP contribution in [0.4, 0.5) is 0 Å². The van der Waals surface area contributed by atoms with E-state index in [0.29, 0.717) is 5.02 Å². The van der Waals surface area contributed by atoms with Gasteiger partial charge in [0.15, 0.2) is 0 Å². The van der Waals surface area contributed by atoms with Crippen LogP contribution in [0, 0.1) is 0 Å². The van der Waals surface area contributed by atoms with E-state index in [-0.39, 0.29) is 42.7 Å². The van der Waals surface area contributed by atoms with Gasteiger partial charge >= 0.3 is 0 Å². The molecule has 0 aromatic heterocycles. The predicted octanol–water partition coefficient (Wildman–Crippen LogP) is 2.20. The fraction of sp³-hybridized carbons (Fsp3) is 0.500. The Balaban J connectivity index is 0.00000264. The molecule has 1 aromatic carbocycles. The first-order valence-corrected chi connectivity index (χ1v) is 7.95. The Bertz CT molecular complexity index is 517. The number of hydrogen-bond donors (Lipinski definition) is 3. The highest BCUT2D eigenvalue weighted by Crippen LogP contribution is 2.19. The molecule has 1 fully saturated rings. The van der Waals surface area contributed by atoms with Gasteiger partial charge in [-0.1, -0.05) is 23.7 Å². The number of nitrogens with one attached hydrogen (secondary N) is 3. The molecule has 2 amide bonds. The molecule has 1 saturated heterocycles. The standard InChI is InChI=1S/C16H22ClN3O2.ClH/c1-11(21)19-15(12-4-6-13(17)7-5-12)9-16(22)20-14-3-2-8-18-10-14;/h4-7,14-15,18H,2-3,8-10H2,1H3,(H,19,21)(H,20,22);1H. The molecule has 2 rings (SSSR count). The van der Waals surface area contributed by atoms with Gasteiger partial charge in [0.2, 0.25) is 11.8 Å². The smallest absolute Gasteiger partial charge is 0.222 e. The van der Waals surface area contributed by atoms with Gasteiger partial charge in [0.05, 0.1) is 12.5 Å². The SMILES string of the molecule is CC(=O)NC(CC(=O)NC1CCCNC1)c1ccc(Cl)cc1.Cl. The fourth-order valence-corrected chi connectivity index (χ4v) is 2.77. The molecule has 1 heterocycles. The maximum absolute atomic E-state index is 12.2. The summed E-state index contributed by atoms with van der Waals surface area (Å²) in [4.78, 5) is 23.6. The fourth-order valence-electron chi connectivity index (χ4n) is 2.64. The average Bonchev–Trinajstić information content (AvgIpc) is 2.48. The number of carbonyl (C=O) groups is 2. The van der Waals surface area contributed by atoms with Gasteiger partial charge in [0.25, 0.3) is 0 Å². The summed E-state index contributed by atoms with van der Waals surface area (Å²) >= 11 is 5.88. The monoisotopic (exact) mass is 359 g/mol. The molecular formula is C16H23Cl2N3O2. The van der Waals surface area contributed by atoms with Crippen LogP contribution >= 0.6 is 24.0 Å². The lowest BCUT2D eigenvalue weighted by molar-refractivity contribution is -0.123. The zero-order valence-electron chi connectivity index (χ0n) is 13.1. The number of amides is 2.